The topological polar surface area (TPSA) is 200 Å². The number of carbonyl (C=O) groups excluding carboxylic acids is 2. The van der Waals surface area contributed by atoms with Crippen LogP contribution in [0.25, 0.3) is 6.08 Å². The molecule has 208 valence electrons. The van der Waals surface area contributed by atoms with Crippen LogP contribution in [-0.4, -0.2) is 61.8 Å². The molecule has 0 radical (unpaired) electrons. The molecule has 0 unspecified atom stereocenters. The fraction of sp³-hybridized carbons (Fsp3) is 0.179. The number of benzene rings is 3. The van der Waals surface area contributed by atoms with Gasteiger partial charge >= 0.3 is 17.9 Å². The van der Waals surface area contributed by atoms with Crippen LogP contribution in [0.4, 0.5) is 0 Å². The Morgan fingerprint density at radius 3 is 2.17 bits per heavy atom. The summed E-state index contributed by atoms with van der Waals surface area (Å²) in [5.74, 6) is -6.46. The van der Waals surface area contributed by atoms with Crippen molar-refractivity contribution < 1.29 is 59.2 Å². The van der Waals surface area contributed by atoms with E-state index < -0.39 is 53.3 Å². The lowest BCUT2D eigenvalue weighted by atomic mass is 9.87. The van der Waals surface area contributed by atoms with Gasteiger partial charge < -0.3 is 44.8 Å². The highest BCUT2D eigenvalue weighted by Gasteiger charge is 2.44. The molecule has 0 amide bonds. The van der Waals surface area contributed by atoms with Crippen molar-refractivity contribution >= 4 is 24.0 Å². The summed E-state index contributed by atoms with van der Waals surface area (Å²) in [6.45, 7) is 0. The van der Waals surface area contributed by atoms with Crippen LogP contribution < -0.4 is 4.74 Å². The van der Waals surface area contributed by atoms with E-state index in [4.69, 9.17) is 14.2 Å². The molecule has 1 aliphatic heterocycles. The summed E-state index contributed by atoms with van der Waals surface area (Å²) in [6.07, 6.45) is -0.798. The molecule has 0 aliphatic carbocycles. The zero-order valence-corrected chi connectivity index (χ0v) is 20.8. The lowest BCUT2D eigenvalue weighted by Crippen LogP contribution is -2.28. The molecule has 12 nitrogen and oxygen atoms in total. The van der Waals surface area contributed by atoms with Gasteiger partial charge in [-0.2, -0.15) is 0 Å². The maximum Gasteiger partial charge on any atom is 0.345 e. The molecule has 1 aliphatic rings. The van der Waals surface area contributed by atoms with Gasteiger partial charge in [-0.05, 0) is 53.1 Å². The third-order valence-corrected chi connectivity index (χ3v) is 6.24. The number of carbonyl (C=O) groups is 3. The van der Waals surface area contributed by atoms with E-state index in [-0.39, 0.29) is 34.8 Å². The van der Waals surface area contributed by atoms with E-state index in [0.717, 1.165) is 19.3 Å². The molecule has 40 heavy (non-hydrogen) atoms. The Morgan fingerprint density at radius 2 is 1.55 bits per heavy atom. The van der Waals surface area contributed by atoms with Gasteiger partial charge in [-0.1, -0.05) is 18.2 Å². The summed E-state index contributed by atoms with van der Waals surface area (Å²) < 4.78 is 15.9. The number of fused-ring (bicyclic) bond motifs is 1. The largest absolute Gasteiger partial charge is 0.504 e. The van der Waals surface area contributed by atoms with E-state index in [9.17, 15) is 45.0 Å². The summed E-state index contributed by atoms with van der Waals surface area (Å²) in [4.78, 5) is 37.1. The van der Waals surface area contributed by atoms with E-state index in [0.29, 0.717) is 11.1 Å². The van der Waals surface area contributed by atoms with Gasteiger partial charge in [0.1, 0.15) is 12.0 Å². The molecule has 0 fully saturated rings. The first kappa shape index (κ1) is 27.6. The van der Waals surface area contributed by atoms with Crippen molar-refractivity contribution in [3.05, 3.63) is 76.9 Å². The third-order valence-electron chi connectivity index (χ3n) is 6.24. The van der Waals surface area contributed by atoms with E-state index in [1.807, 2.05) is 0 Å². The van der Waals surface area contributed by atoms with Gasteiger partial charge in [0, 0.05) is 18.1 Å². The van der Waals surface area contributed by atoms with Crippen LogP contribution in [0.5, 0.6) is 34.5 Å². The number of carboxylic acid groups (broad SMARTS) is 1. The van der Waals surface area contributed by atoms with Crippen LogP contribution in [-0.2, 0) is 30.3 Å². The Bertz CT molecular complexity index is 1510. The number of carboxylic acids is 1. The predicted octanol–water partition coefficient (Wildman–Crippen LogP) is 2.86. The Kier molecular flexibility index (Phi) is 7.71. The van der Waals surface area contributed by atoms with Gasteiger partial charge in [0.15, 0.2) is 34.5 Å². The average molecular weight is 552 g/mol. The zero-order chi connectivity index (χ0) is 29.1. The maximum absolute atomic E-state index is 12.8. The SMILES string of the molecule is COC(=O)[C@@H]1c2c(/C=C/C(=O)O[C@@H](Cc3ccc(O)c(O)c3)C(=O)O)ccc(O)c2O[C@@H]1c1ccc(O)c(O)c1. The summed E-state index contributed by atoms with van der Waals surface area (Å²) in [5, 5.41) is 58.6. The van der Waals surface area contributed by atoms with Crippen molar-refractivity contribution in [3.63, 3.8) is 0 Å². The summed E-state index contributed by atoms with van der Waals surface area (Å²) in [6, 6.07) is 10.2. The first-order chi connectivity index (χ1) is 19.0. The molecule has 0 spiro atoms. The molecule has 4 rings (SSSR count). The minimum absolute atomic E-state index is 0.0703. The van der Waals surface area contributed by atoms with E-state index in [1.165, 1.54) is 48.5 Å². The van der Waals surface area contributed by atoms with Crippen molar-refractivity contribution in [3.8, 4) is 34.5 Å². The number of rotatable bonds is 8. The number of ether oxygens (including phenoxy) is 3. The molecule has 0 aromatic heterocycles. The van der Waals surface area contributed by atoms with Crippen LogP contribution in [0.1, 0.15) is 34.3 Å². The summed E-state index contributed by atoms with van der Waals surface area (Å²) in [5.41, 5.74) is 1.00. The first-order valence-electron chi connectivity index (χ1n) is 11.7. The molecular formula is C28H24O12. The van der Waals surface area contributed by atoms with E-state index in [1.54, 1.807) is 0 Å². The smallest absolute Gasteiger partial charge is 0.345 e. The number of methoxy groups -OCH3 is 1. The Hall–Kier alpha value is -5.39. The number of hydrogen-bond donors (Lipinski definition) is 6. The minimum Gasteiger partial charge on any atom is -0.504 e. The van der Waals surface area contributed by atoms with Gasteiger partial charge in [0.05, 0.1) is 7.11 Å². The summed E-state index contributed by atoms with van der Waals surface area (Å²) >= 11 is 0. The number of phenolic OH excluding ortho intramolecular Hbond substituents is 5. The second-order valence-corrected chi connectivity index (χ2v) is 8.83. The van der Waals surface area contributed by atoms with Crippen molar-refractivity contribution in [2.24, 2.45) is 0 Å². The van der Waals surface area contributed by atoms with Crippen molar-refractivity contribution in [2.45, 2.75) is 24.5 Å². The second-order valence-electron chi connectivity index (χ2n) is 8.83. The van der Waals surface area contributed by atoms with Crippen LogP contribution in [0, 0.1) is 0 Å². The number of aliphatic carboxylic acids is 1. The van der Waals surface area contributed by atoms with Gasteiger partial charge in [-0.3, -0.25) is 4.79 Å². The highest BCUT2D eigenvalue weighted by molar-refractivity contribution is 5.91. The number of phenols is 5. The van der Waals surface area contributed by atoms with E-state index in [2.05, 4.69) is 0 Å². The Morgan fingerprint density at radius 1 is 0.900 bits per heavy atom. The van der Waals surface area contributed by atoms with Gasteiger partial charge in [-0.25, -0.2) is 9.59 Å². The molecule has 12 heteroatoms. The highest BCUT2D eigenvalue weighted by Crippen LogP contribution is 2.52. The fourth-order valence-electron chi connectivity index (χ4n) is 4.31. The standard InChI is InChI=1S/C28H24O12/c1-38-28(37)24-23-14(3-8-18(31)26(23)40-25(24)15-4-7-17(30)20(33)12-15)5-9-22(34)39-21(27(35)36)11-13-2-6-16(29)19(32)10-13/h2-10,12,21,24-25,29-33H,11H2,1H3,(H,35,36)/b9-5+/t21-,24+,25+/m0/s1. The van der Waals surface area contributed by atoms with Crippen molar-refractivity contribution in [1.29, 1.82) is 0 Å². The molecule has 3 aromatic carbocycles. The quantitative estimate of drug-likeness (QED) is 0.136. The highest BCUT2D eigenvalue weighted by atomic mass is 16.6. The van der Waals surface area contributed by atoms with Crippen molar-refractivity contribution in [1.82, 2.24) is 0 Å². The van der Waals surface area contributed by atoms with Crippen LogP contribution in [0.15, 0.2) is 54.6 Å². The molecule has 1 heterocycles. The van der Waals surface area contributed by atoms with E-state index >= 15 is 0 Å². The minimum atomic E-state index is -1.62. The molecule has 0 saturated carbocycles. The third kappa shape index (κ3) is 5.55. The van der Waals surface area contributed by atoms with Crippen LogP contribution in [0.2, 0.25) is 0 Å². The molecule has 0 bridgehead atoms. The fourth-order valence-corrected chi connectivity index (χ4v) is 4.31. The predicted molar refractivity (Wildman–Crippen MR) is 136 cm³/mol. The lowest BCUT2D eigenvalue weighted by molar-refractivity contribution is -0.160. The normalized spacial score (nSPS) is 16.6. The number of esters is 2. The van der Waals surface area contributed by atoms with Gasteiger partial charge in [0.25, 0.3) is 0 Å². The van der Waals surface area contributed by atoms with Gasteiger partial charge in [0.2, 0.25) is 6.10 Å². The second kappa shape index (κ2) is 11.2. The molecule has 3 aromatic rings. The molecule has 6 N–H and O–H groups in total. The van der Waals surface area contributed by atoms with Crippen LogP contribution >= 0.6 is 0 Å². The Labute approximate surface area is 226 Å². The zero-order valence-electron chi connectivity index (χ0n) is 20.8. The summed E-state index contributed by atoms with van der Waals surface area (Å²) in [7, 11) is 1.15. The number of aromatic hydroxyl groups is 5. The maximum atomic E-state index is 12.8. The molecule has 0 saturated heterocycles. The Balaban J connectivity index is 1.61. The monoisotopic (exact) mass is 552 g/mol. The lowest BCUT2D eigenvalue weighted by Gasteiger charge is -2.18. The molecular weight excluding hydrogens is 528 g/mol. The van der Waals surface area contributed by atoms with Crippen LogP contribution in [0.3, 0.4) is 0 Å². The average Bonchev–Trinajstić information content (AvgIpc) is 3.33. The van der Waals surface area contributed by atoms with Gasteiger partial charge in [-0.15, -0.1) is 0 Å². The number of hydrogen-bond acceptors (Lipinski definition) is 11. The first-order valence-corrected chi connectivity index (χ1v) is 11.7. The van der Waals surface area contributed by atoms with Crippen molar-refractivity contribution in [2.75, 3.05) is 7.11 Å². The molecule has 3 atom stereocenters.